The van der Waals surface area contributed by atoms with E-state index >= 15 is 0 Å². The van der Waals surface area contributed by atoms with E-state index in [1.807, 2.05) is 0 Å². The molecule has 1 N–H and O–H groups in total. The highest BCUT2D eigenvalue weighted by Gasteiger charge is 2.45. The van der Waals surface area contributed by atoms with Crippen molar-refractivity contribution in [2.24, 2.45) is 5.41 Å². The van der Waals surface area contributed by atoms with Gasteiger partial charge in [0.15, 0.2) is 0 Å². The van der Waals surface area contributed by atoms with Crippen LogP contribution in [0.15, 0.2) is 21.2 Å². The van der Waals surface area contributed by atoms with Crippen LogP contribution in [0.4, 0.5) is 0 Å². The Hall–Kier alpha value is -0.830. The fraction of sp³-hybridized carbons (Fsp3) is 0.500. The quantitative estimate of drug-likeness (QED) is 0.894. The summed E-state index contributed by atoms with van der Waals surface area (Å²) >= 11 is 3.26. The van der Waals surface area contributed by atoms with Crippen LogP contribution in [0.1, 0.15) is 18.3 Å². The van der Waals surface area contributed by atoms with Crippen LogP contribution in [-0.4, -0.2) is 18.3 Å². The third kappa shape index (κ3) is 1.69. The van der Waals surface area contributed by atoms with Crippen molar-refractivity contribution in [1.29, 1.82) is 5.26 Å². The molecule has 0 saturated carbocycles. The number of hydrogen-bond donors (Lipinski definition) is 1. The van der Waals surface area contributed by atoms with Gasteiger partial charge in [-0.25, -0.2) is 0 Å². The standard InChI is InChI=1S/C10H10BrNO3/c11-7-1-3-15-8(7)9(13)10(5-12)2-4-14-6-10/h1,3,9,13H,2,4,6H2. The van der Waals surface area contributed by atoms with Gasteiger partial charge in [0.2, 0.25) is 0 Å². The number of aliphatic hydroxyl groups is 1. The first-order chi connectivity index (χ1) is 7.19. The lowest BCUT2D eigenvalue weighted by molar-refractivity contribution is 0.0337. The SMILES string of the molecule is N#CC1(C(O)c2occc2Br)CCOC1. The summed E-state index contributed by atoms with van der Waals surface area (Å²) in [6, 6.07) is 3.83. The first-order valence-electron chi connectivity index (χ1n) is 4.59. The van der Waals surface area contributed by atoms with E-state index in [9.17, 15) is 5.11 Å². The summed E-state index contributed by atoms with van der Waals surface area (Å²) in [5.41, 5.74) is -0.875. The van der Waals surface area contributed by atoms with Gasteiger partial charge >= 0.3 is 0 Å². The number of hydrogen-bond acceptors (Lipinski definition) is 4. The van der Waals surface area contributed by atoms with Crippen LogP contribution in [0.3, 0.4) is 0 Å². The van der Waals surface area contributed by atoms with Crippen molar-refractivity contribution >= 4 is 15.9 Å². The molecule has 1 aromatic rings. The van der Waals surface area contributed by atoms with Gasteiger partial charge in [-0.1, -0.05) is 0 Å². The Morgan fingerprint density at radius 3 is 2.93 bits per heavy atom. The predicted molar refractivity (Wildman–Crippen MR) is 54.8 cm³/mol. The molecule has 4 nitrogen and oxygen atoms in total. The maximum absolute atomic E-state index is 10.1. The molecule has 2 unspecified atom stereocenters. The minimum Gasteiger partial charge on any atom is -0.465 e. The number of nitrogens with zero attached hydrogens (tertiary/aromatic N) is 1. The minimum atomic E-state index is -0.950. The largest absolute Gasteiger partial charge is 0.465 e. The minimum absolute atomic E-state index is 0.248. The first-order valence-corrected chi connectivity index (χ1v) is 5.39. The van der Waals surface area contributed by atoms with Crippen molar-refractivity contribution in [2.75, 3.05) is 13.2 Å². The van der Waals surface area contributed by atoms with Crippen molar-refractivity contribution < 1.29 is 14.3 Å². The molecule has 0 radical (unpaired) electrons. The summed E-state index contributed by atoms with van der Waals surface area (Å²) in [6.45, 7) is 0.751. The summed E-state index contributed by atoms with van der Waals surface area (Å²) in [4.78, 5) is 0. The lowest BCUT2D eigenvalue weighted by atomic mass is 9.82. The molecule has 0 aromatic carbocycles. The molecule has 0 spiro atoms. The molecule has 1 aromatic heterocycles. The van der Waals surface area contributed by atoms with Gasteiger partial charge in [-0.2, -0.15) is 5.26 Å². The monoisotopic (exact) mass is 271 g/mol. The van der Waals surface area contributed by atoms with E-state index in [1.54, 1.807) is 6.07 Å². The van der Waals surface area contributed by atoms with Crippen LogP contribution in [0.25, 0.3) is 0 Å². The second-order valence-corrected chi connectivity index (χ2v) is 4.46. The van der Waals surface area contributed by atoms with Gasteiger partial charge in [-0.15, -0.1) is 0 Å². The Kier molecular flexibility index (Phi) is 2.83. The molecular weight excluding hydrogens is 262 g/mol. The first kappa shape index (κ1) is 10.7. The molecule has 1 fully saturated rings. The Bertz CT molecular complexity index is 390. The predicted octanol–water partition coefficient (Wildman–Crippen LogP) is 2.01. The number of ether oxygens (including phenoxy) is 1. The zero-order valence-electron chi connectivity index (χ0n) is 7.94. The molecule has 1 aliphatic heterocycles. The average Bonchev–Trinajstić information content (AvgIpc) is 2.86. The van der Waals surface area contributed by atoms with Gasteiger partial charge in [-0.05, 0) is 28.4 Å². The number of aliphatic hydroxyl groups excluding tert-OH is 1. The van der Waals surface area contributed by atoms with Crippen molar-refractivity contribution in [2.45, 2.75) is 12.5 Å². The third-order valence-corrected chi connectivity index (χ3v) is 3.35. The topological polar surface area (TPSA) is 66.4 Å². The second-order valence-electron chi connectivity index (χ2n) is 3.61. The maximum atomic E-state index is 10.1. The summed E-state index contributed by atoms with van der Waals surface area (Å²) in [5, 5.41) is 19.2. The Morgan fingerprint density at radius 1 is 1.67 bits per heavy atom. The van der Waals surface area contributed by atoms with Gasteiger partial charge in [-0.3, -0.25) is 0 Å². The van der Waals surface area contributed by atoms with E-state index in [0.29, 0.717) is 23.3 Å². The third-order valence-electron chi connectivity index (χ3n) is 2.69. The van der Waals surface area contributed by atoms with Gasteiger partial charge in [0.1, 0.15) is 17.3 Å². The normalized spacial score (nSPS) is 27.5. The molecule has 80 valence electrons. The summed E-state index contributed by atoms with van der Waals surface area (Å²) in [5.74, 6) is 0.391. The molecule has 2 atom stereocenters. The zero-order valence-corrected chi connectivity index (χ0v) is 9.53. The fourth-order valence-corrected chi connectivity index (χ4v) is 2.12. The molecule has 1 saturated heterocycles. The number of halogens is 1. The van der Waals surface area contributed by atoms with Crippen LogP contribution in [0, 0.1) is 16.7 Å². The van der Waals surface area contributed by atoms with E-state index < -0.39 is 11.5 Å². The van der Waals surface area contributed by atoms with E-state index in [1.165, 1.54) is 6.26 Å². The Labute approximate surface area is 95.6 Å². The summed E-state index contributed by atoms with van der Waals surface area (Å²) < 4.78 is 11.0. The highest BCUT2D eigenvalue weighted by atomic mass is 79.9. The molecule has 5 heteroatoms. The molecule has 0 amide bonds. The zero-order chi connectivity index (χ0) is 10.9. The summed E-state index contributed by atoms with van der Waals surface area (Å²) in [6.07, 6.45) is 1.05. The molecule has 0 aliphatic carbocycles. The number of furan rings is 1. The Morgan fingerprint density at radius 2 is 2.47 bits per heavy atom. The van der Waals surface area contributed by atoms with Gasteiger partial charge in [0.05, 0.1) is 23.4 Å². The highest BCUT2D eigenvalue weighted by Crippen LogP contribution is 2.42. The van der Waals surface area contributed by atoms with E-state index in [0.717, 1.165) is 0 Å². The molecular formula is C10H10BrNO3. The Balaban J connectivity index is 2.31. The van der Waals surface area contributed by atoms with E-state index in [-0.39, 0.29) is 6.61 Å². The average molecular weight is 272 g/mol. The van der Waals surface area contributed by atoms with Crippen LogP contribution < -0.4 is 0 Å². The molecule has 2 rings (SSSR count). The summed E-state index contributed by atoms with van der Waals surface area (Å²) in [7, 11) is 0. The molecule has 0 bridgehead atoms. The number of nitriles is 1. The van der Waals surface area contributed by atoms with Crippen LogP contribution >= 0.6 is 15.9 Å². The highest BCUT2D eigenvalue weighted by molar-refractivity contribution is 9.10. The van der Waals surface area contributed by atoms with Crippen molar-refractivity contribution in [1.82, 2.24) is 0 Å². The van der Waals surface area contributed by atoms with Gasteiger partial charge in [0.25, 0.3) is 0 Å². The van der Waals surface area contributed by atoms with Crippen molar-refractivity contribution in [3.8, 4) is 6.07 Å². The van der Waals surface area contributed by atoms with Crippen LogP contribution in [0.2, 0.25) is 0 Å². The second kappa shape index (κ2) is 3.97. The van der Waals surface area contributed by atoms with Crippen molar-refractivity contribution in [3.05, 3.63) is 22.6 Å². The molecule has 1 aliphatic rings. The lowest BCUT2D eigenvalue weighted by Crippen LogP contribution is -2.27. The van der Waals surface area contributed by atoms with Crippen LogP contribution in [-0.2, 0) is 4.74 Å². The van der Waals surface area contributed by atoms with Gasteiger partial charge in [0, 0.05) is 6.61 Å². The van der Waals surface area contributed by atoms with Crippen LogP contribution in [0.5, 0.6) is 0 Å². The molecule has 2 heterocycles. The molecule has 15 heavy (non-hydrogen) atoms. The van der Waals surface area contributed by atoms with E-state index in [2.05, 4.69) is 22.0 Å². The van der Waals surface area contributed by atoms with Gasteiger partial charge < -0.3 is 14.3 Å². The number of rotatable bonds is 2. The fourth-order valence-electron chi connectivity index (χ4n) is 1.70. The van der Waals surface area contributed by atoms with E-state index in [4.69, 9.17) is 14.4 Å². The lowest BCUT2D eigenvalue weighted by Gasteiger charge is -2.23. The maximum Gasteiger partial charge on any atom is 0.148 e. The smallest absolute Gasteiger partial charge is 0.148 e. The van der Waals surface area contributed by atoms with Crippen molar-refractivity contribution in [3.63, 3.8) is 0 Å².